The molecule has 0 radical (unpaired) electrons. The molecule has 1 N–H and O–H groups in total. The highest BCUT2D eigenvalue weighted by Crippen LogP contribution is 2.30. The van der Waals surface area contributed by atoms with E-state index in [1.54, 1.807) is 0 Å². The predicted molar refractivity (Wildman–Crippen MR) is 97.5 cm³/mol. The van der Waals surface area contributed by atoms with Crippen LogP contribution < -0.4 is 0 Å². The number of hydrogen-bond donors (Lipinski definition) is 1. The van der Waals surface area contributed by atoms with Crippen molar-refractivity contribution in [2.75, 3.05) is 11.6 Å². The van der Waals surface area contributed by atoms with Gasteiger partial charge < -0.3 is 10.0 Å². The number of aliphatic carboxylic acids is 1. The number of Topliss-reactive ketones (excluding diaryl/α,β-unsaturated/α-hetero) is 1. The van der Waals surface area contributed by atoms with E-state index >= 15 is 0 Å². The minimum atomic E-state index is -1.11. The number of thioether (sulfide) groups is 2. The number of carboxylic acid groups (broad SMARTS) is 1. The van der Waals surface area contributed by atoms with Crippen LogP contribution in [-0.4, -0.2) is 55.7 Å². The van der Waals surface area contributed by atoms with Gasteiger partial charge in [0.05, 0.1) is 17.0 Å². The summed E-state index contributed by atoms with van der Waals surface area (Å²) in [4.78, 5) is 49.7. The van der Waals surface area contributed by atoms with E-state index < -0.39 is 40.7 Å². The normalized spacial score (nSPS) is 19.0. The summed E-state index contributed by atoms with van der Waals surface area (Å²) in [5, 5.41) is 7.83. The van der Waals surface area contributed by atoms with Crippen molar-refractivity contribution < 1.29 is 28.7 Å². The van der Waals surface area contributed by atoms with Crippen molar-refractivity contribution >= 4 is 46.3 Å². The van der Waals surface area contributed by atoms with Gasteiger partial charge in [0.1, 0.15) is 11.9 Å². The topological polar surface area (TPSA) is 91.8 Å². The third-order valence-corrected chi connectivity index (χ3v) is 6.17. The molecule has 0 aromatic heterocycles. The Bertz CT molecular complexity index is 742. The number of ketones is 1. The minimum Gasteiger partial charge on any atom is -0.480 e. The maximum Gasteiger partial charge on any atom is 0.327 e. The van der Waals surface area contributed by atoms with E-state index in [9.17, 15) is 28.7 Å². The number of rotatable bonds is 6. The van der Waals surface area contributed by atoms with Crippen molar-refractivity contribution in [1.29, 1.82) is 0 Å². The third kappa shape index (κ3) is 4.64. The zero-order valence-corrected chi connectivity index (χ0v) is 15.8. The van der Waals surface area contributed by atoms with Crippen molar-refractivity contribution in [3.63, 3.8) is 0 Å². The molecule has 26 heavy (non-hydrogen) atoms. The van der Waals surface area contributed by atoms with Crippen molar-refractivity contribution in [2.24, 2.45) is 5.92 Å². The number of benzene rings is 1. The average molecular weight is 399 g/mol. The van der Waals surface area contributed by atoms with E-state index in [0.29, 0.717) is 11.8 Å². The monoisotopic (exact) mass is 399 g/mol. The van der Waals surface area contributed by atoms with Crippen molar-refractivity contribution in [3.8, 4) is 0 Å². The van der Waals surface area contributed by atoms with Crippen LogP contribution in [0.1, 0.15) is 24.2 Å². The molecule has 1 amide bonds. The van der Waals surface area contributed by atoms with Gasteiger partial charge in [0.25, 0.3) is 0 Å². The molecule has 1 aromatic rings. The Morgan fingerprint density at radius 1 is 1.35 bits per heavy atom. The van der Waals surface area contributed by atoms with Gasteiger partial charge in [-0.25, -0.2) is 9.18 Å². The predicted octanol–water partition coefficient (Wildman–Crippen LogP) is 2.28. The first-order valence-electron chi connectivity index (χ1n) is 7.80. The summed E-state index contributed by atoms with van der Waals surface area (Å²) in [5.74, 6) is -3.19. The van der Waals surface area contributed by atoms with E-state index in [1.807, 2.05) is 0 Å². The van der Waals surface area contributed by atoms with Gasteiger partial charge in [0.15, 0.2) is 10.9 Å². The third-order valence-electron chi connectivity index (χ3n) is 3.95. The minimum absolute atomic E-state index is 0.0639. The summed E-state index contributed by atoms with van der Waals surface area (Å²) >= 11 is 2.01. The van der Waals surface area contributed by atoms with Crippen LogP contribution in [0, 0.1) is 11.7 Å². The van der Waals surface area contributed by atoms with Gasteiger partial charge in [-0.2, -0.15) is 0 Å². The van der Waals surface area contributed by atoms with Crippen LogP contribution in [0.25, 0.3) is 0 Å². The van der Waals surface area contributed by atoms with Crippen molar-refractivity contribution in [2.45, 2.75) is 25.1 Å². The van der Waals surface area contributed by atoms with E-state index in [0.717, 1.165) is 6.07 Å². The summed E-state index contributed by atoms with van der Waals surface area (Å²) in [6.07, 6.45) is 0. The first-order valence-corrected chi connectivity index (χ1v) is 9.83. The maximum atomic E-state index is 13.4. The Labute approximate surface area is 158 Å². The second-order valence-electron chi connectivity index (χ2n) is 5.86. The molecule has 1 fully saturated rings. The fourth-order valence-corrected chi connectivity index (χ4v) is 4.70. The summed E-state index contributed by atoms with van der Waals surface area (Å²) in [5.41, 5.74) is 0.0639. The SMILES string of the molecule is CC(=O)SC(C(=O)c1cccc(F)c1)[C@@H](C)C(=O)N1CSC[C@H]1C(=O)O. The smallest absolute Gasteiger partial charge is 0.327 e. The van der Waals surface area contributed by atoms with Crippen molar-refractivity contribution in [3.05, 3.63) is 35.6 Å². The molecular weight excluding hydrogens is 381 g/mol. The fourth-order valence-electron chi connectivity index (χ4n) is 2.62. The molecule has 1 aromatic carbocycles. The van der Waals surface area contributed by atoms with Gasteiger partial charge in [0, 0.05) is 18.2 Å². The number of amides is 1. The Morgan fingerprint density at radius 2 is 2.04 bits per heavy atom. The Kier molecular flexibility index (Phi) is 6.82. The van der Waals surface area contributed by atoms with E-state index in [1.165, 1.54) is 48.7 Å². The highest BCUT2D eigenvalue weighted by Gasteiger charge is 2.41. The summed E-state index contributed by atoms with van der Waals surface area (Å²) in [6, 6.07) is 4.09. The second kappa shape index (κ2) is 8.68. The molecule has 1 aliphatic heterocycles. The summed E-state index contributed by atoms with van der Waals surface area (Å²) in [6.45, 7) is 2.77. The van der Waals surface area contributed by atoms with Crippen LogP contribution in [0.4, 0.5) is 4.39 Å². The highest BCUT2D eigenvalue weighted by atomic mass is 32.2. The number of halogens is 1. The molecule has 0 saturated carbocycles. The quantitative estimate of drug-likeness (QED) is 0.734. The zero-order valence-electron chi connectivity index (χ0n) is 14.2. The van der Waals surface area contributed by atoms with Crippen LogP contribution in [0.3, 0.4) is 0 Å². The standard InChI is InChI=1S/C17H18FNO5S2/c1-9(16(22)19-8-25-7-13(19)17(23)24)15(26-10(2)20)14(21)11-4-3-5-12(18)6-11/h3-6,9,13,15H,7-8H2,1-2H3,(H,23,24)/t9-,13+,15?/m1/s1. The number of hydrogen-bond acceptors (Lipinski definition) is 6. The lowest BCUT2D eigenvalue weighted by Crippen LogP contribution is -2.47. The van der Waals surface area contributed by atoms with E-state index in [2.05, 4.69) is 0 Å². The van der Waals surface area contributed by atoms with E-state index in [4.69, 9.17) is 0 Å². The molecule has 2 rings (SSSR count). The summed E-state index contributed by atoms with van der Waals surface area (Å²) in [7, 11) is 0. The van der Waals surface area contributed by atoms with Crippen LogP contribution in [-0.2, 0) is 14.4 Å². The molecule has 0 aliphatic carbocycles. The molecule has 1 unspecified atom stereocenters. The van der Waals surface area contributed by atoms with Gasteiger partial charge in [-0.1, -0.05) is 30.8 Å². The average Bonchev–Trinajstić information content (AvgIpc) is 3.07. The number of carbonyl (C=O) groups excluding carboxylic acids is 3. The van der Waals surface area contributed by atoms with Crippen LogP contribution in [0.5, 0.6) is 0 Å². The Balaban J connectivity index is 2.27. The molecular formula is C17H18FNO5S2. The van der Waals surface area contributed by atoms with Gasteiger partial charge in [-0.15, -0.1) is 11.8 Å². The van der Waals surface area contributed by atoms with Crippen LogP contribution in [0.15, 0.2) is 24.3 Å². The Hall–Kier alpha value is -1.87. The fraction of sp³-hybridized carbons (Fsp3) is 0.412. The van der Waals surface area contributed by atoms with Gasteiger partial charge >= 0.3 is 5.97 Å². The molecule has 1 heterocycles. The van der Waals surface area contributed by atoms with Crippen LogP contribution in [0.2, 0.25) is 0 Å². The number of carboxylic acids is 1. The largest absolute Gasteiger partial charge is 0.480 e. The maximum absolute atomic E-state index is 13.4. The molecule has 1 aliphatic rings. The molecule has 6 nitrogen and oxygen atoms in total. The first-order chi connectivity index (χ1) is 12.2. The molecule has 0 spiro atoms. The highest BCUT2D eigenvalue weighted by molar-refractivity contribution is 8.14. The second-order valence-corrected chi connectivity index (χ2v) is 8.17. The van der Waals surface area contributed by atoms with Gasteiger partial charge in [-0.3, -0.25) is 14.4 Å². The molecule has 3 atom stereocenters. The molecule has 9 heteroatoms. The van der Waals surface area contributed by atoms with Crippen LogP contribution >= 0.6 is 23.5 Å². The number of carbonyl (C=O) groups is 4. The molecule has 0 bridgehead atoms. The first kappa shape index (κ1) is 20.4. The zero-order chi connectivity index (χ0) is 19.4. The Morgan fingerprint density at radius 3 is 2.62 bits per heavy atom. The number of nitrogens with zero attached hydrogens (tertiary/aromatic N) is 1. The van der Waals surface area contributed by atoms with Crippen molar-refractivity contribution in [1.82, 2.24) is 4.90 Å². The lowest BCUT2D eigenvalue weighted by Gasteiger charge is -2.27. The lowest BCUT2D eigenvalue weighted by molar-refractivity contribution is -0.149. The molecule has 140 valence electrons. The van der Waals surface area contributed by atoms with Gasteiger partial charge in [0.2, 0.25) is 5.91 Å². The lowest BCUT2D eigenvalue weighted by atomic mass is 9.97. The molecule has 1 saturated heterocycles. The van der Waals surface area contributed by atoms with E-state index in [-0.39, 0.29) is 22.3 Å². The van der Waals surface area contributed by atoms with Gasteiger partial charge in [-0.05, 0) is 12.1 Å². The summed E-state index contributed by atoms with van der Waals surface area (Å²) < 4.78 is 13.4.